The molecule has 1 unspecified atom stereocenters. The predicted molar refractivity (Wildman–Crippen MR) is 42.8 cm³/mol. The van der Waals surface area contributed by atoms with Gasteiger partial charge in [-0.15, -0.1) is 0 Å². The minimum Gasteiger partial charge on any atom is -0.505 e. The molecule has 0 saturated carbocycles. The number of ether oxygens (including phenoxy) is 1. The minimum absolute atomic E-state index is 0. The smallest absolute Gasteiger partial charge is 0.377 e. The van der Waals surface area contributed by atoms with Crippen molar-refractivity contribution < 1.29 is 19.7 Å². The zero-order chi connectivity index (χ0) is 8.59. The SMILES string of the molecule is CC(C)C1OC(=O)C(O)=C1O.[Na]. The molecule has 0 aliphatic carbocycles. The number of esters is 1. The van der Waals surface area contributed by atoms with E-state index in [2.05, 4.69) is 4.74 Å². The van der Waals surface area contributed by atoms with Crippen LogP contribution in [0.25, 0.3) is 0 Å². The summed E-state index contributed by atoms with van der Waals surface area (Å²) in [6, 6.07) is 0. The van der Waals surface area contributed by atoms with Crippen LogP contribution in [0, 0.1) is 5.92 Å². The van der Waals surface area contributed by atoms with Gasteiger partial charge in [-0.3, -0.25) is 0 Å². The van der Waals surface area contributed by atoms with E-state index >= 15 is 0 Å². The van der Waals surface area contributed by atoms with Crippen LogP contribution >= 0.6 is 0 Å². The molecule has 1 aliphatic rings. The third kappa shape index (κ3) is 1.94. The van der Waals surface area contributed by atoms with Crippen molar-refractivity contribution in [3.63, 3.8) is 0 Å². The van der Waals surface area contributed by atoms with E-state index in [0.29, 0.717) is 0 Å². The molecule has 1 aliphatic heterocycles. The summed E-state index contributed by atoms with van der Waals surface area (Å²) in [5.74, 6) is -1.89. The Labute approximate surface area is 92.5 Å². The van der Waals surface area contributed by atoms with Crippen LogP contribution in [-0.4, -0.2) is 51.8 Å². The summed E-state index contributed by atoms with van der Waals surface area (Å²) in [6.07, 6.45) is -0.678. The molecule has 1 atom stereocenters. The van der Waals surface area contributed by atoms with Crippen LogP contribution in [0.2, 0.25) is 0 Å². The van der Waals surface area contributed by atoms with E-state index in [1.807, 2.05) is 0 Å². The van der Waals surface area contributed by atoms with E-state index in [0.717, 1.165) is 0 Å². The second-order valence-corrected chi connectivity index (χ2v) is 2.80. The zero-order valence-electron chi connectivity index (χ0n) is 7.37. The maximum atomic E-state index is 10.6. The zero-order valence-corrected chi connectivity index (χ0v) is 9.37. The summed E-state index contributed by atoms with van der Waals surface area (Å²) in [4.78, 5) is 10.6. The minimum atomic E-state index is -0.846. The average Bonchev–Trinajstić information content (AvgIpc) is 2.17. The number of cyclic esters (lactones) is 1. The van der Waals surface area contributed by atoms with Crippen LogP contribution in [0.1, 0.15) is 13.8 Å². The Balaban J connectivity index is 0.00000121. The molecule has 2 N–H and O–H groups in total. The van der Waals surface area contributed by atoms with Gasteiger partial charge in [-0.1, -0.05) is 13.8 Å². The summed E-state index contributed by atoms with van der Waals surface area (Å²) in [5.41, 5.74) is 0. The summed E-state index contributed by atoms with van der Waals surface area (Å²) >= 11 is 0. The van der Waals surface area contributed by atoms with Gasteiger partial charge in [0.05, 0.1) is 0 Å². The molecule has 0 spiro atoms. The fraction of sp³-hybridized carbons (Fsp3) is 0.571. The van der Waals surface area contributed by atoms with Crippen LogP contribution < -0.4 is 0 Å². The Hall–Kier alpha value is -0.190. The van der Waals surface area contributed by atoms with Crippen LogP contribution in [-0.2, 0) is 9.53 Å². The number of aliphatic hydroxyl groups is 2. The van der Waals surface area contributed by atoms with Crippen molar-refractivity contribution >= 4 is 35.5 Å². The molecule has 0 aromatic carbocycles. The van der Waals surface area contributed by atoms with E-state index in [4.69, 9.17) is 10.2 Å². The van der Waals surface area contributed by atoms with Gasteiger partial charge in [-0.2, -0.15) is 0 Å². The standard InChI is InChI=1S/C7H10O4.Na/c1-3(2)6-4(8)5(9)7(10)11-6;/h3,6,8-9H,1-2H3;. The molecular weight excluding hydrogens is 171 g/mol. The fourth-order valence-electron chi connectivity index (χ4n) is 0.918. The first-order valence-electron chi connectivity index (χ1n) is 3.37. The molecule has 0 aromatic rings. The van der Waals surface area contributed by atoms with Gasteiger partial charge in [0.15, 0.2) is 11.9 Å². The van der Waals surface area contributed by atoms with Gasteiger partial charge in [0.1, 0.15) is 0 Å². The van der Waals surface area contributed by atoms with E-state index in [1.165, 1.54) is 0 Å². The molecule has 0 amide bonds. The number of aliphatic hydroxyl groups excluding tert-OH is 2. The number of carbonyl (C=O) groups is 1. The molecule has 5 heteroatoms. The van der Waals surface area contributed by atoms with Crippen LogP contribution in [0.3, 0.4) is 0 Å². The van der Waals surface area contributed by atoms with Crippen molar-refractivity contribution in [3.05, 3.63) is 11.5 Å². The van der Waals surface area contributed by atoms with Gasteiger partial charge in [-0.05, 0) is 5.92 Å². The summed E-state index contributed by atoms with van der Waals surface area (Å²) in [5, 5.41) is 17.9. The Morgan fingerprint density at radius 3 is 2.08 bits per heavy atom. The molecule has 63 valence electrons. The molecule has 0 bridgehead atoms. The first-order valence-corrected chi connectivity index (χ1v) is 3.37. The van der Waals surface area contributed by atoms with Gasteiger partial charge in [-0.25, -0.2) is 4.79 Å². The molecule has 12 heavy (non-hydrogen) atoms. The van der Waals surface area contributed by atoms with Crippen LogP contribution in [0.15, 0.2) is 11.5 Å². The summed E-state index contributed by atoms with van der Waals surface area (Å²) < 4.78 is 4.63. The van der Waals surface area contributed by atoms with Crippen molar-refractivity contribution in [2.75, 3.05) is 0 Å². The molecule has 4 nitrogen and oxygen atoms in total. The summed E-state index contributed by atoms with van der Waals surface area (Å²) in [6.45, 7) is 3.57. The molecule has 0 fully saturated rings. The average molecular weight is 181 g/mol. The van der Waals surface area contributed by atoms with Crippen molar-refractivity contribution in [1.29, 1.82) is 0 Å². The third-order valence-electron chi connectivity index (χ3n) is 1.54. The number of hydrogen-bond acceptors (Lipinski definition) is 4. The molecule has 0 saturated heterocycles. The Morgan fingerprint density at radius 2 is 1.92 bits per heavy atom. The molecule has 0 aromatic heterocycles. The maximum absolute atomic E-state index is 10.6. The van der Waals surface area contributed by atoms with Gasteiger partial charge < -0.3 is 14.9 Å². The first-order chi connectivity index (χ1) is 5.04. The van der Waals surface area contributed by atoms with Gasteiger partial charge in [0.2, 0.25) is 5.76 Å². The number of carbonyl (C=O) groups excluding carboxylic acids is 1. The first kappa shape index (κ1) is 11.8. The molecular formula is C7H10NaO4. The molecule has 1 radical (unpaired) electrons. The molecule has 1 heterocycles. The monoisotopic (exact) mass is 181 g/mol. The van der Waals surface area contributed by atoms with Crippen LogP contribution in [0.4, 0.5) is 0 Å². The predicted octanol–water partition coefficient (Wildman–Crippen LogP) is 0.515. The van der Waals surface area contributed by atoms with Crippen LogP contribution in [0.5, 0.6) is 0 Å². The quantitative estimate of drug-likeness (QED) is 0.457. The van der Waals surface area contributed by atoms with E-state index in [9.17, 15) is 4.79 Å². The number of rotatable bonds is 1. The Kier molecular flexibility index (Phi) is 4.10. The normalized spacial score (nSPS) is 22.6. The number of hydrogen-bond donors (Lipinski definition) is 2. The second kappa shape index (κ2) is 4.16. The van der Waals surface area contributed by atoms with E-state index in [-0.39, 0.29) is 41.2 Å². The van der Waals surface area contributed by atoms with E-state index in [1.54, 1.807) is 13.8 Å². The van der Waals surface area contributed by atoms with E-state index < -0.39 is 17.8 Å². The molecule has 1 rings (SSSR count). The van der Waals surface area contributed by atoms with Crippen molar-refractivity contribution in [1.82, 2.24) is 0 Å². The van der Waals surface area contributed by atoms with Gasteiger partial charge >= 0.3 is 5.97 Å². The van der Waals surface area contributed by atoms with Crippen molar-refractivity contribution in [3.8, 4) is 0 Å². The van der Waals surface area contributed by atoms with Gasteiger partial charge in [0, 0.05) is 29.6 Å². The fourth-order valence-corrected chi connectivity index (χ4v) is 0.918. The maximum Gasteiger partial charge on any atom is 0.377 e. The third-order valence-corrected chi connectivity index (χ3v) is 1.54. The Bertz CT molecular complexity index is 221. The largest absolute Gasteiger partial charge is 0.505 e. The topological polar surface area (TPSA) is 66.8 Å². The van der Waals surface area contributed by atoms with Crippen molar-refractivity contribution in [2.24, 2.45) is 5.92 Å². The summed E-state index contributed by atoms with van der Waals surface area (Å²) in [7, 11) is 0. The van der Waals surface area contributed by atoms with Crippen molar-refractivity contribution in [2.45, 2.75) is 20.0 Å². The Morgan fingerprint density at radius 1 is 1.42 bits per heavy atom. The van der Waals surface area contributed by atoms with Gasteiger partial charge in [0.25, 0.3) is 0 Å². The second-order valence-electron chi connectivity index (χ2n) is 2.80.